The van der Waals surface area contributed by atoms with E-state index in [1.54, 1.807) is 16.6 Å². The van der Waals surface area contributed by atoms with Crippen LogP contribution in [0.5, 0.6) is 0 Å². The first-order chi connectivity index (χ1) is 11.2. The Kier molecular flexibility index (Phi) is 3.50. The fourth-order valence-corrected chi connectivity index (χ4v) is 2.71. The van der Waals surface area contributed by atoms with Gasteiger partial charge in [0.2, 0.25) is 0 Å². The normalized spacial score (nSPS) is 14.1. The molecule has 2 aromatic heterocycles. The molecule has 0 unspecified atom stereocenters. The van der Waals surface area contributed by atoms with Crippen molar-refractivity contribution in [3.63, 3.8) is 0 Å². The van der Waals surface area contributed by atoms with E-state index in [9.17, 15) is 4.79 Å². The van der Waals surface area contributed by atoms with Crippen molar-refractivity contribution in [3.8, 4) is 0 Å². The molecule has 4 rings (SSSR count). The van der Waals surface area contributed by atoms with E-state index in [0.717, 1.165) is 16.9 Å². The molecule has 1 fully saturated rings. The van der Waals surface area contributed by atoms with Gasteiger partial charge in [0.15, 0.2) is 5.65 Å². The first-order valence-electron chi connectivity index (χ1n) is 7.58. The minimum atomic E-state index is -0.228. The summed E-state index contributed by atoms with van der Waals surface area (Å²) in [7, 11) is 0. The number of fused-ring (bicyclic) bond motifs is 1. The molecule has 3 aromatic rings. The minimum Gasteiger partial charge on any atom is -0.347 e. The van der Waals surface area contributed by atoms with E-state index in [4.69, 9.17) is 11.6 Å². The molecular weight excluding hydrogens is 312 g/mol. The van der Waals surface area contributed by atoms with E-state index in [1.165, 1.54) is 12.8 Å². The molecule has 6 heteroatoms. The molecule has 1 amide bonds. The number of carbonyl (C=O) groups is 1. The van der Waals surface area contributed by atoms with Crippen molar-refractivity contribution < 1.29 is 4.79 Å². The van der Waals surface area contributed by atoms with Crippen LogP contribution in [0.2, 0.25) is 5.02 Å². The van der Waals surface area contributed by atoms with Crippen molar-refractivity contribution in [3.05, 3.63) is 64.6 Å². The molecule has 1 aromatic carbocycles. The van der Waals surface area contributed by atoms with Gasteiger partial charge in [-0.25, -0.2) is 9.50 Å². The number of halogens is 1. The second-order valence-electron chi connectivity index (χ2n) is 5.74. The molecule has 0 aliphatic heterocycles. The van der Waals surface area contributed by atoms with E-state index < -0.39 is 0 Å². The average molecular weight is 327 g/mol. The number of aromatic nitrogens is 3. The molecule has 0 atom stereocenters. The van der Waals surface area contributed by atoms with E-state index in [0.29, 0.717) is 23.2 Å². The molecule has 1 aliphatic carbocycles. The second kappa shape index (κ2) is 5.66. The predicted octanol–water partition coefficient (Wildman–Crippen LogP) is 3.19. The summed E-state index contributed by atoms with van der Waals surface area (Å²) in [6, 6.07) is 11.0. The standard InChI is InChI=1S/C17H15ClN4O/c18-13-4-2-1-3-12(13)9-19-17(23)14-7-8-16-20-15(11-5-6-11)10-22(16)21-14/h1-4,7-8,10-11H,5-6,9H2,(H,19,23). The molecule has 1 saturated carbocycles. The lowest BCUT2D eigenvalue weighted by atomic mass is 10.2. The van der Waals surface area contributed by atoms with Crippen molar-refractivity contribution in [2.45, 2.75) is 25.3 Å². The number of rotatable bonds is 4. The number of imidazole rings is 1. The summed E-state index contributed by atoms with van der Waals surface area (Å²) >= 11 is 6.09. The van der Waals surface area contributed by atoms with Gasteiger partial charge in [0.1, 0.15) is 5.69 Å². The molecule has 0 saturated heterocycles. The minimum absolute atomic E-state index is 0.228. The van der Waals surface area contributed by atoms with Gasteiger partial charge in [-0.05, 0) is 36.6 Å². The molecule has 0 spiro atoms. The van der Waals surface area contributed by atoms with Crippen LogP contribution in [0.3, 0.4) is 0 Å². The van der Waals surface area contributed by atoms with Crippen LogP contribution in [-0.2, 0) is 6.54 Å². The number of hydrogen-bond acceptors (Lipinski definition) is 3. The summed E-state index contributed by atoms with van der Waals surface area (Å²) in [6.07, 6.45) is 4.29. The molecule has 116 valence electrons. The number of nitrogens with zero attached hydrogens (tertiary/aromatic N) is 3. The van der Waals surface area contributed by atoms with E-state index in [-0.39, 0.29) is 5.91 Å². The average Bonchev–Trinajstić information content (AvgIpc) is 3.32. The summed E-state index contributed by atoms with van der Waals surface area (Å²) in [4.78, 5) is 16.8. The molecule has 0 radical (unpaired) electrons. The highest BCUT2D eigenvalue weighted by molar-refractivity contribution is 6.31. The van der Waals surface area contributed by atoms with Crippen LogP contribution >= 0.6 is 11.6 Å². The zero-order valence-corrected chi connectivity index (χ0v) is 13.1. The van der Waals surface area contributed by atoms with Gasteiger partial charge in [0.05, 0.1) is 11.9 Å². The van der Waals surface area contributed by atoms with Crippen LogP contribution in [-0.4, -0.2) is 20.5 Å². The number of amides is 1. The maximum absolute atomic E-state index is 12.3. The Hall–Kier alpha value is -2.40. The summed E-state index contributed by atoms with van der Waals surface area (Å²) in [5, 5.41) is 7.83. The number of benzene rings is 1. The van der Waals surface area contributed by atoms with Crippen LogP contribution in [0.1, 0.15) is 40.5 Å². The summed E-state index contributed by atoms with van der Waals surface area (Å²) < 4.78 is 1.68. The highest BCUT2D eigenvalue weighted by atomic mass is 35.5. The monoisotopic (exact) mass is 326 g/mol. The Morgan fingerprint density at radius 2 is 2.09 bits per heavy atom. The van der Waals surface area contributed by atoms with Crippen molar-refractivity contribution in [1.29, 1.82) is 0 Å². The summed E-state index contributed by atoms with van der Waals surface area (Å²) in [6.45, 7) is 0.371. The largest absolute Gasteiger partial charge is 0.347 e. The molecule has 1 aliphatic rings. The Labute approximate surface area is 138 Å². The second-order valence-corrected chi connectivity index (χ2v) is 6.14. The lowest BCUT2D eigenvalue weighted by molar-refractivity contribution is 0.0944. The zero-order valence-electron chi connectivity index (χ0n) is 12.4. The van der Waals surface area contributed by atoms with Crippen molar-refractivity contribution in [1.82, 2.24) is 19.9 Å². The topological polar surface area (TPSA) is 59.3 Å². The van der Waals surface area contributed by atoms with Crippen LogP contribution in [0.25, 0.3) is 5.65 Å². The summed E-state index contributed by atoms with van der Waals surface area (Å²) in [5.41, 5.74) is 3.08. The highest BCUT2D eigenvalue weighted by Crippen LogP contribution is 2.39. The molecule has 5 nitrogen and oxygen atoms in total. The third-order valence-corrected chi connectivity index (χ3v) is 4.33. The lowest BCUT2D eigenvalue weighted by Crippen LogP contribution is -2.24. The Bertz CT molecular complexity index is 885. The third kappa shape index (κ3) is 2.92. The predicted molar refractivity (Wildman–Crippen MR) is 87.6 cm³/mol. The Morgan fingerprint density at radius 1 is 1.26 bits per heavy atom. The molecule has 2 heterocycles. The number of hydrogen-bond donors (Lipinski definition) is 1. The molecule has 0 bridgehead atoms. The van der Waals surface area contributed by atoms with E-state index in [1.807, 2.05) is 30.5 Å². The third-order valence-electron chi connectivity index (χ3n) is 3.96. The molecular formula is C17H15ClN4O. The number of nitrogens with one attached hydrogen (secondary N) is 1. The maximum atomic E-state index is 12.3. The SMILES string of the molecule is O=C(NCc1ccccc1Cl)c1ccc2nc(C3CC3)cn2n1. The van der Waals surface area contributed by atoms with Gasteiger partial charge in [-0.3, -0.25) is 4.79 Å². The fraction of sp³-hybridized carbons (Fsp3) is 0.235. The smallest absolute Gasteiger partial charge is 0.272 e. The first kappa shape index (κ1) is 14.2. The van der Waals surface area contributed by atoms with Gasteiger partial charge < -0.3 is 5.32 Å². The molecule has 1 N–H and O–H groups in total. The zero-order chi connectivity index (χ0) is 15.8. The van der Waals surface area contributed by atoms with E-state index in [2.05, 4.69) is 15.4 Å². The fourth-order valence-electron chi connectivity index (χ4n) is 2.51. The van der Waals surface area contributed by atoms with Crippen LogP contribution in [0, 0.1) is 0 Å². The summed E-state index contributed by atoms with van der Waals surface area (Å²) in [5.74, 6) is 0.336. The molecule has 23 heavy (non-hydrogen) atoms. The Morgan fingerprint density at radius 3 is 2.87 bits per heavy atom. The van der Waals surface area contributed by atoms with Crippen molar-refractivity contribution in [2.24, 2.45) is 0 Å². The van der Waals surface area contributed by atoms with Gasteiger partial charge in [-0.15, -0.1) is 0 Å². The van der Waals surface area contributed by atoms with Gasteiger partial charge in [0, 0.05) is 17.5 Å². The van der Waals surface area contributed by atoms with Gasteiger partial charge in [0.25, 0.3) is 5.91 Å². The highest BCUT2D eigenvalue weighted by Gasteiger charge is 2.26. The van der Waals surface area contributed by atoms with Crippen molar-refractivity contribution >= 4 is 23.2 Å². The Balaban J connectivity index is 1.51. The van der Waals surface area contributed by atoms with Crippen LogP contribution < -0.4 is 5.32 Å². The first-order valence-corrected chi connectivity index (χ1v) is 7.96. The van der Waals surface area contributed by atoms with E-state index >= 15 is 0 Å². The van der Waals surface area contributed by atoms with Crippen molar-refractivity contribution in [2.75, 3.05) is 0 Å². The van der Waals surface area contributed by atoms with Crippen LogP contribution in [0.4, 0.5) is 0 Å². The maximum Gasteiger partial charge on any atom is 0.272 e. The quantitative estimate of drug-likeness (QED) is 0.801. The van der Waals surface area contributed by atoms with Gasteiger partial charge in [-0.2, -0.15) is 5.10 Å². The lowest BCUT2D eigenvalue weighted by Gasteiger charge is -2.06. The van der Waals surface area contributed by atoms with Crippen LogP contribution in [0.15, 0.2) is 42.6 Å². The number of carbonyl (C=O) groups excluding carboxylic acids is 1. The van der Waals surface area contributed by atoms with Gasteiger partial charge in [-0.1, -0.05) is 29.8 Å². The van der Waals surface area contributed by atoms with Gasteiger partial charge >= 0.3 is 0 Å².